The number of methoxy groups -OCH3 is 2. The van der Waals surface area contributed by atoms with E-state index in [2.05, 4.69) is 15.9 Å². The van der Waals surface area contributed by atoms with Crippen molar-refractivity contribution in [2.75, 3.05) is 41.4 Å². The Kier molecular flexibility index (Phi) is 7.02. The number of carbonyl (C=O) groups is 2. The van der Waals surface area contributed by atoms with Gasteiger partial charge in [0.1, 0.15) is 17.3 Å². The molecule has 1 fully saturated rings. The highest BCUT2D eigenvalue weighted by Gasteiger charge is 2.47. The van der Waals surface area contributed by atoms with E-state index >= 15 is 0 Å². The maximum Gasteiger partial charge on any atom is 0.295 e. The van der Waals surface area contributed by atoms with Crippen LogP contribution in [-0.4, -0.2) is 68.0 Å². The molecule has 0 bridgehead atoms. The Morgan fingerprint density at radius 2 is 1.77 bits per heavy atom. The minimum absolute atomic E-state index is 0.0256. The smallest absolute Gasteiger partial charge is 0.295 e. The SMILES string of the molecule is COc1ccc(OC)c([C@H]2/C(=C(\O)c3ccc(Br)cc3)C(=O)C(=O)N2CCN(C)C)c1. The monoisotopic (exact) mass is 488 g/mol. The molecule has 0 unspecified atom stereocenters. The topological polar surface area (TPSA) is 79.3 Å². The van der Waals surface area contributed by atoms with Gasteiger partial charge in [-0.1, -0.05) is 28.1 Å². The fourth-order valence-electron chi connectivity index (χ4n) is 3.56. The van der Waals surface area contributed by atoms with Gasteiger partial charge < -0.3 is 24.4 Å². The molecular weight excluding hydrogens is 464 g/mol. The minimum Gasteiger partial charge on any atom is -0.507 e. The van der Waals surface area contributed by atoms with Gasteiger partial charge >= 0.3 is 0 Å². The molecule has 1 N–H and O–H groups in total. The summed E-state index contributed by atoms with van der Waals surface area (Å²) in [5.74, 6) is -0.570. The maximum atomic E-state index is 13.1. The molecule has 1 amide bonds. The molecule has 1 atom stereocenters. The van der Waals surface area contributed by atoms with Gasteiger partial charge in [0, 0.05) is 28.7 Å². The number of aliphatic hydroxyl groups is 1. The lowest BCUT2D eigenvalue weighted by Gasteiger charge is -2.28. The standard InChI is InChI=1S/C23H25BrN2O5/c1-25(2)11-12-26-20(17-13-16(30-3)9-10-18(17)31-4)19(22(28)23(26)29)21(27)14-5-7-15(24)8-6-14/h5-10,13,20,27H,11-12H2,1-4H3/b21-19+/t20-/m0/s1. The number of likely N-dealkylation sites (N-methyl/N-ethyl adjacent to an activating group) is 1. The van der Waals surface area contributed by atoms with E-state index in [0.717, 1.165) is 4.47 Å². The molecule has 3 rings (SSSR count). The lowest BCUT2D eigenvalue weighted by atomic mass is 9.94. The molecule has 164 valence electrons. The average Bonchev–Trinajstić information content (AvgIpc) is 3.01. The second kappa shape index (κ2) is 9.53. The first-order valence-corrected chi connectivity index (χ1v) is 10.5. The van der Waals surface area contributed by atoms with E-state index in [1.165, 1.54) is 19.1 Å². The third kappa shape index (κ3) is 4.60. The Bertz CT molecular complexity index is 1020. The molecule has 0 spiro atoms. The number of amides is 1. The molecule has 1 saturated heterocycles. The van der Waals surface area contributed by atoms with Crippen LogP contribution in [0.2, 0.25) is 0 Å². The van der Waals surface area contributed by atoms with Crippen LogP contribution in [0.25, 0.3) is 5.76 Å². The predicted molar refractivity (Wildman–Crippen MR) is 121 cm³/mol. The molecule has 1 aliphatic heterocycles. The van der Waals surface area contributed by atoms with E-state index < -0.39 is 17.7 Å². The first-order chi connectivity index (χ1) is 14.8. The number of Topliss-reactive ketones (excluding diaryl/α,β-unsaturated/α-hetero) is 1. The zero-order valence-corrected chi connectivity index (χ0v) is 19.5. The molecule has 1 aliphatic rings. The third-order valence-corrected chi connectivity index (χ3v) is 5.71. The lowest BCUT2D eigenvalue weighted by molar-refractivity contribution is -0.140. The second-order valence-corrected chi connectivity index (χ2v) is 8.33. The van der Waals surface area contributed by atoms with Gasteiger partial charge in [0.2, 0.25) is 0 Å². The first kappa shape index (κ1) is 22.8. The Labute approximate surface area is 190 Å². The zero-order chi connectivity index (χ0) is 22.7. The minimum atomic E-state index is -0.811. The fraction of sp³-hybridized carbons (Fsp3) is 0.304. The van der Waals surface area contributed by atoms with Crippen molar-refractivity contribution in [1.29, 1.82) is 0 Å². The van der Waals surface area contributed by atoms with Crippen LogP contribution in [0.4, 0.5) is 0 Å². The van der Waals surface area contributed by atoms with Gasteiger partial charge in [-0.2, -0.15) is 0 Å². The largest absolute Gasteiger partial charge is 0.507 e. The van der Waals surface area contributed by atoms with Crippen molar-refractivity contribution in [3.63, 3.8) is 0 Å². The molecule has 0 saturated carbocycles. The predicted octanol–water partition coefficient (Wildman–Crippen LogP) is 3.45. The van der Waals surface area contributed by atoms with Gasteiger partial charge in [0.05, 0.1) is 25.8 Å². The molecule has 0 aromatic heterocycles. The molecule has 7 nitrogen and oxygen atoms in total. The van der Waals surface area contributed by atoms with Crippen molar-refractivity contribution < 1.29 is 24.2 Å². The van der Waals surface area contributed by atoms with E-state index in [1.54, 1.807) is 42.5 Å². The van der Waals surface area contributed by atoms with Crippen molar-refractivity contribution in [3.05, 3.63) is 63.6 Å². The summed E-state index contributed by atoms with van der Waals surface area (Å²) in [6.45, 7) is 0.855. The normalized spacial score (nSPS) is 18.0. The molecule has 31 heavy (non-hydrogen) atoms. The van der Waals surface area contributed by atoms with Gasteiger partial charge in [-0.15, -0.1) is 0 Å². The highest BCUT2D eigenvalue weighted by atomic mass is 79.9. The Hall–Kier alpha value is -2.84. The quantitative estimate of drug-likeness (QED) is 0.365. The highest BCUT2D eigenvalue weighted by molar-refractivity contribution is 9.10. The molecule has 1 heterocycles. The van der Waals surface area contributed by atoms with E-state index in [4.69, 9.17) is 9.47 Å². The number of ether oxygens (including phenoxy) is 2. The van der Waals surface area contributed by atoms with Crippen LogP contribution in [0.5, 0.6) is 11.5 Å². The number of hydrogen-bond acceptors (Lipinski definition) is 6. The van der Waals surface area contributed by atoms with Crippen molar-refractivity contribution in [2.24, 2.45) is 0 Å². The van der Waals surface area contributed by atoms with Crippen LogP contribution in [0.3, 0.4) is 0 Å². The summed E-state index contributed by atoms with van der Waals surface area (Å²) in [6, 6.07) is 11.3. The van der Waals surface area contributed by atoms with Crippen LogP contribution < -0.4 is 9.47 Å². The van der Waals surface area contributed by atoms with E-state index in [9.17, 15) is 14.7 Å². The van der Waals surface area contributed by atoms with Gasteiger partial charge in [0.25, 0.3) is 11.7 Å². The van der Waals surface area contributed by atoms with Gasteiger partial charge in [-0.3, -0.25) is 9.59 Å². The summed E-state index contributed by atoms with van der Waals surface area (Å²) in [5.41, 5.74) is 1.04. The van der Waals surface area contributed by atoms with Crippen molar-refractivity contribution in [2.45, 2.75) is 6.04 Å². The van der Waals surface area contributed by atoms with Gasteiger partial charge in [-0.25, -0.2) is 0 Å². The zero-order valence-electron chi connectivity index (χ0n) is 17.9. The van der Waals surface area contributed by atoms with Crippen molar-refractivity contribution in [1.82, 2.24) is 9.80 Å². The van der Waals surface area contributed by atoms with Gasteiger partial charge in [-0.05, 0) is 44.4 Å². The molecule has 0 radical (unpaired) electrons. The Morgan fingerprint density at radius 1 is 1.10 bits per heavy atom. The number of nitrogens with zero attached hydrogens (tertiary/aromatic N) is 2. The molecule has 0 aliphatic carbocycles. The van der Waals surface area contributed by atoms with E-state index in [-0.39, 0.29) is 11.3 Å². The number of likely N-dealkylation sites (tertiary alicyclic amines) is 1. The summed E-state index contributed by atoms with van der Waals surface area (Å²) in [5, 5.41) is 11.1. The summed E-state index contributed by atoms with van der Waals surface area (Å²) >= 11 is 3.36. The summed E-state index contributed by atoms with van der Waals surface area (Å²) in [6.07, 6.45) is 0. The molecular formula is C23H25BrN2O5. The van der Waals surface area contributed by atoms with Crippen LogP contribution in [0.15, 0.2) is 52.5 Å². The van der Waals surface area contributed by atoms with Crippen LogP contribution in [0, 0.1) is 0 Å². The number of carbonyl (C=O) groups excluding carboxylic acids is 2. The fourth-order valence-corrected chi connectivity index (χ4v) is 3.82. The van der Waals surface area contributed by atoms with Crippen molar-refractivity contribution >= 4 is 33.4 Å². The highest BCUT2D eigenvalue weighted by Crippen LogP contribution is 2.43. The summed E-state index contributed by atoms with van der Waals surface area (Å²) in [7, 11) is 6.83. The van der Waals surface area contributed by atoms with Gasteiger partial charge in [0.15, 0.2) is 0 Å². The number of halogens is 1. The number of rotatable bonds is 7. The van der Waals surface area contributed by atoms with Crippen LogP contribution in [-0.2, 0) is 9.59 Å². The maximum absolute atomic E-state index is 13.1. The van der Waals surface area contributed by atoms with Crippen molar-refractivity contribution in [3.8, 4) is 11.5 Å². The Morgan fingerprint density at radius 3 is 2.35 bits per heavy atom. The molecule has 2 aromatic rings. The average molecular weight is 489 g/mol. The number of ketones is 1. The molecule has 8 heteroatoms. The first-order valence-electron chi connectivity index (χ1n) is 9.69. The van der Waals surface area contributed by atoms with E-state index in [0.29, 0.717) is 35.7 Å². The second-order valence-electron chi connectivity index (χ2n) is 7.41. The summed E-state index contributed by atoms with van der Waals surface area (Å²) < 4.78 is 11.7. The lowest BCUT2D eigenvalue weighted by Crippen LogP contribution is -2.35. The summed E-state index contributed by atoms with van der Waals surface area (Å²) in [4.78, 5) is 29.5. The van der Waals surface area contributed by atoms with E-state index in [1.807, 2.05) is 19.0 Å². The van der Waals surface area contributed by atoms with Crippen LogP contribution in [0.1, 0.15) is 17.2 Å². The number of hydrogen-bond donors (Lipinski definition) is 1. The van der Waals surface area contributed by atoms with Crippen LogP contribution >= 0.6 is 15.9 Å². The number of aliphatic hydroxyl groups excluding tert-OH is 1. The Balaban J connectivity index is 2.23. The molecule has 2 aromatic carbocycles. The third-order valence-electron chi connectivity index (χ3n) is 5.18. The number of benzene rings is 2.